The van der Waals surface area contributed by atoms with Gasteiger partial charge in [0.1, 0.15) is 0 Å². The normalized spacial score (nSPS) is 11.0. The minimum atomic E-state index is 0.500. The minimum absolute atomic E-state index is 0.500. The smallest absolute Gasteiger partial charge is 0.257 e. The third kappa shape index (κ3) is 2.43. The highest BCUT2D eigenvalue weighted by Crippen LogP contribution is 2.21. The highest BCUT2D eigenvalue weighted by atomic mass is 16.5. The van der Waals surface area contributed by atoms with Gasteiger partial charge >= 0.3 is 0 Å². The van der Waals surface area contributed by atoms with E-state index in [9.17, 15) is 0 Å². The van der Waals surface area contributed by atoms with Gasteiger partial charge in [-0.2, -0.15) is 4.98 Å². The summed E-state index contributed by atoms with van der Waals surface area (Å²) in [5, 5.41) is 3.93. The van der Waals surface area contributed by atoms with E-state index in [0.29, 0.717) is 18.3 Å². The van der Waals surface area contributed by atoms with Crippen molar-refractivity contribution >= 4 is 11.0 Å². The predicted octanol–water partition coefficient (Wildman–Crippen LogP) is 1.57. The predicted molar refractivity (Wildman–Crippen MR) is 70.2 cm³/mol. The second-order valence-electron chi connectivity index (χ2n) is 4.17. The van der Waals surface area contributed by atoms with E-state index in [1.807, 2.05) is 18.2 Å². The number of rotatable bonds is 4. The zero-order valence-corrected chi connectivity index (χ0v) is 10.3. The van der Waals surface area contributed by atoms with Gasteiger partial charge in [-0.15, -0.1) is 0 Å². The van der Waals surface area contributed by atoms with E-state index in [0.717, 1.165) is 29.4 Å². The molecule has 0 bridgehead atoms. The second-order valence-corrected chi connectivity index (χ2v) is 4.17. The van der Waals surface area contributed by atoms with Gasteiger partial charge in [-0.3, -0.25) is 9.97 Å². The van der Waals surface area contributed by atoms with Gasteiger partial charge in [-0.05, 0) is 31.2 Å². The number of hydrogen-bond donors (Lipinski definition) is 1. The first kappa shape index (κ1) is 11.7. The van der Waals surface area contributed by atoms with Crippen molar-refractivity contribution in [1.29, 1.82) is 0 Å². The highest BCUT2D eigenvalue weighted by molar-refractivity contribution is 5.79. The van der Waals surface area contributed by atoms with Crippen LogP contribution >= 0.6 is 0 Å². The Kier molecular flexibility index (Phi) is 3.16. The summed E-state index contributed by atoms with van der Waals surface area (Å²) in [6, 6.07) is 5.68. The quantitative estimate of drug-likeness (QED) is 0.761. The van der Waals surface area contributed by atoms with Crippen LogP contribution in [0.15, 0.2) is 35.1 Å². The van der Waals surface area contributed by atoms with Crippen molar-refractivity contribution in [3.8, 4) is 11.5 Å². The molecule has 0 unspecified atom stereocenters. The maximum atomic E-state index is 5.46. The molecule has 0 radical (unpaired) electrons. The first-order valence-corrected chi connectivity index (χ1v) is 6.10. The fourth-order valence-electron chi connectivity index (χ4n) is 1.83. The van der Waals surface area contributed by atoms with Gasteiger partial charge in [0.25, 0.3) is 5.89 Å². The highest BCUT2D eigenvalue weighted by Gasteiger charge is 2.09. The summed E-state index contributed by atoms with van der Waals surface area (Å²) in [5.74, 6) is 1.18. The van der Waals surface area contributed by atoms with Gasteiger partial charge in [0.15, 0.2) is 5.82 Å². The van der Waals surface area contributed by atoms with Gasteiger partial charge in [-0.25, -0.2) is 0 Å². The Morgan fingerprint density at radius 3 is 2.79 bits per heavy atom. The van der Waals surface area contributed by atoms with E-state index in [-0.39, 0.29) is 0 Å². The average molecular weight is 255 g/mol. The molecule has 6 nitrogen and oxygen atoms in total. The average Bonchev–Trinajstić information content (AvgIpc) is 2.93. The van der Waals surface area contributed by atoms with Crippen LogP contribution in [-0.2, 0) is 6.42 Å². The van der Waals surface area contributed by atoms with Crippen molar-refractivity contribution in [3.05, 3.63) is 36.4 Å². The summed E-state index contributed by atoms with van der Waals surface area (Å²) in [5.41, 5.74) is 7.95. The Morgan fingerprint density at radius 2 is 1.95 bits per heavy atom. The molecule has 0 spiro atoms. The Balaban J connectivity index is 1.92. The molecule has 0 aliphatic rings. The molecule has 0 fully saturated rings. The van der Waals surface area contributed by atoms with Gasteiger partial charge in [-0.1, -0.05) is 5.16 Å². The molecular weight excluding hydrogens is 242 g/mol. The van der Waals surface area contributed by atoms with Crippen LogP contribution in [0.2, 0.25) is 0 Å². The maximum absolute atomic E-state index is 5.46. The lowest BCUT2D eigenvalue weighted by atomic mass is 10.2. The van der Waals surface area contributed by atoms with Crippen molar-refractivity contribution in [2.24, 2.45) is 5.73 Å². The van der Waals surface area contributed by atoms with E-state index >= 15 is 0 Å². The molecule has 2 heterocycles. The molecule has 1 aromatic carbocycles. The Labute approximate surface area is 109 Å². The van der Waals surface area contributed by atoms with E-state index in [1.165, 1.54) is 0 Å². The molecular formula is C13H13N5O. The molecule has 6 heteroatoms. The van der Waals surface area contributed by atoms with E-state index in [1.54, 1.807) is 12.4 Å². The van der Waals surface area contributed by atoms with Crippen LogP contribution in [0, 0.1) is 0 Å². The fraction of sp³-hybridized carbons (Fsp3) is 0.231. The summed E-state index contributed by atoms with van der Waals surface area (Å²) in [7, 11) is 0. The number of hydrogen-bond acceptors (Lipinski definition) is 6. The second kappa shape index (κ2) is 5.11. The molecule has 2 N–H and O–H groups in total. The monoisotopic (exact) mass is 255 g/mol. The zero-order chi connectivity index (χ0) is 13.1. The van der Waals surface area contributed by atoms with Gasteiger partial charge in [0.05, 0.1) is 11.0 Å². The van der Waals surface area contributed by atoms with Gasteiger partial charge < -0.3 is 10.3 Å². The van der Waals surface area contributed by atoms with Crippen LogP contribution in [-0.4, -0.2) is 26.7 Å². The topological polar surface area (TPSA) is 90.7 Å². The molecule has 0 aliphatic heterocycles. The number of aromatic nitrogens is 4. The van der Waals surface area contributed by atoms with Crippen LogP contribution in [0.3, 0.4) is 0 Å². The van der Waals surface area contributed by atoms with Crippen LogP contribution in [0.4, 0.5) is 0 Å². The Bertz CT molecular complexity index is 694. The third-order valence-corrected chi connectivity index (χ3v) is 2.79. The van der Waals surface area contributed by atoms with E-state index in [2.05, 4.69) is 20.1 Å². The molecule has 0 atom stereocenters. The van der Waals surface area contributed by atoms with Crippen LogP contribution in [0.25, 0.3) is 22.5 Å². The zero-order valence-electron chi connectivity index (χ0n) is 10.3. The lowest BCUT2D eigenvalue weighted by molar-refractivity contribution is 0.422. The molecule has 0 saturated heterocycles. The van der Waals surface area contributed by atoms with Crippen molar-refractivity contribution in [2.75, 3.05) is 6.54 Å². The molecule has 19 heavy (non-hydrogen) atoms. The molecule has 2 aromatic heterocycles. The lowest BCUT2D eigenvalue weighted by Gasteiger charge is -1.97. The molecule has 3 aromatic rings. The summed E-state index contributed by atoms with van der Waals surface area (Å²) >= 11 is 0. The third-order valence-electron chi connectivity index (χ3n) is 2.79. The largest absolute Gasteiger partial charge is 0.334 e. The van der Waals surface area contributed by atoms with Crippen molar-refractivity contribution in [1.82, 2.24) is 20.1 Å². The molecule has 0 saturated carbocycles. The molecule has 96 valence electrons. The van der Waals surface area contributed by atoms with Crippen LogP contribution < -0.4 is 5.73 Å². The van der Waals surface area contributed by atoms with Gasteiger partial charge in [0.2, 0.25) is 0 Å². The Morgan fingerprint density at radius 1 is 1.11 bits per heavy atom. The van der Waals surface area contributed by atoms with E-state index < -0.39 is 0 Å². The SMILES string of the molecule is NCCCc1noc(-c2ccc3nccnc3c2)n1. The number of aryl methyl sites for hydroxylation is 1. The van der Waals surface area contributed by atoms with Crippen molar-refractivity contribution < 1.29 is 4.52 Å². The van der Waals surface area contributed by atoms with Crippen LogP contribution in [0.5, 0.6) is 0 Å². The van der Waals surface area contributed by atoms with Crippen LogP contribution in [0.1, 0.15) is 12.2 Å². The summed E-state index contributed by atoms with van der Waals surface area (Å²) in [6.07, 6.45) is 4.90. The van der Waals surface area contributed by atoms with Gasteiger partial charge in [0, 0.05) is 24.4 Å². The summed E-state index contributed by atoms with van der Waals surface area (Å²) in [6.45, 7) is 0.620. The van der Waals surface area contributed by atoms with Crippen molar-refractivity contribution in [2.45, 2.75) is 12.8 Å². The Hall–Kier alpha value is -2.34. The standard InChI is InChI=1S/C13H13N5O/c14-5-1-2-12-17-13(19-18-12)9-3-4-10-11(8-9)16-7-6-15-10/h3-4,6-8H,1-2,5,14H2. The molecule has 3 rings (SSSR count). The first-order valence-electron chi connectivity index (χ1n) is 6.10. The van der Waals surface area contributed by atoms with Crippen molar-refractivity contribution in [3.63, 3.8) is 0 Å². The fourth-order valence-corrected chi connectivity index (χ4v) is 1.83. The minimum Gasteiger partial charge on any atom is -0.334 e. The lowest BCUT2D eigenvalue weighted by Crippen LogP contribution is -2.01. The number of nitrogens with two attached hydrogens (primary N) is 1. The first-order chi connectivity index (χ1) is 9.36. The summed E-state index contributed by atoms with van der Waals surface area (Å²) < 4.78 is 5.25. The van der Waals surface area contributed by atoms with E-state index in [4.69, 9.17) is 10.3 Å². The molecule has 0 amide bonds. The maximum Gasteiger partial charge on any atom is 0.257 e. The summed E-state index contributed by atoms with van der Waals surface area (Å²) in [4.78, 5) is 12.8. The number of benzene rings is 1. The molecule has 0 aliphatic carbocycles. The number of fused-ring (bicyclic) bond motifs is 1. The number of nitrogens with zero attached hydrogens (tertiary/aromatic N) is 4.